The van der Waals surface area contributed by atoms with Crippen molar-refractivity contribution >= 4 is 34.5 Å². The highest BCUT2D eigenvalue weighted by Crippen LogP contribution is 2.28. The zero-order valence-corrected chi connectivity index (χ0v) is 25.0. The lowest BCUT2D eigenvalue weighted by Crippen LogP contribution is -2.44. The maximum Gasteiger partial charge on any atom is 0.225 e. The molecule has 1 aromatic heterocycles. The van der Waals surface area contributed by atoms with E-state index in [0.29, 0.717) is 11.6 Å². The fourth-order valence-electron chi connectivity index (χ4n) is 3.49. The van der Waals surface area contributed by atoms with Gasteiger partial charge in [-0.15, -0.1) is 0 Å². The Labute approximate surface area is 235 Å². The number of aldehydes is 1. The monoisotopic (exact) mass is 537 g/mol. The quantitative estimate of drug-likeness (QED) is 0.312. The van der Waals surface area contributed by atoms with Crippen LogP contribution < -0.4 is 25.6 Å². The van der Waals surface area contributed by atoms with Gasteiger partial charge in [-0.2, -0.15) is 10.2 Å². The summed E-state index contributed by atoms with van der Waals surface area (Å²) >= 11 is 0. The van der Waals surface area contributed by atoms with Gasteiger partial charge < -0.3 is 25.6 Å². The van der Waals surface area contributed by atoms with Crippen molar-refractivity contribution in [1.29, 1.82) is 5.26 Å². The van der Waals surface area contributed by atoms with E-state index in [4.69, 9.17) is 10.00 Å². The van der Waals surface area contributed by atoms with Gasteiger partial charge in [0, 0.05) is 69.9 Å². The molecule has 0 amide bonds. The third-order valence-electron chi connectivity index (χ3n) is 5.17. The van der Waals surface area contributed by atoms with Gasteiger partial charge in [0.1, 0.15) is 17.3 Å². The van der Waals surface area contributed by atoms with Crippen LogP contribution in [0.3, 0.4) is 0 Å². The number of nitriles is 1. The average Bonchev–Trinajstić information content (AvgIpc) is 3.02. The molecule has 0 unspecified atom stereocenters. The minimum Gasteiger partial charge on any atom is -0.497 e. The highest BCUT2D eigenvalue weighted by atomic mass is 16.5. The standard InChI is InChI=1S/C12H19N5O.C12H13NO.C2H3N.2C2H6/c1-2-3-14-12-15-10(9-18)8-11(16-12)17-6-4-13-5-7-17;1-13-12-8-10(14-2)7-9-5-3-4-6-11(9)12;1-2-3;2*1-2/h8-9,13H,2-7H2,1H3,(H,14,15,16);3-8,13H,1-2H3;1H3;2*1-2H3. The highest BCUT2D eigenvalue weighted by Gasteiger charge is 2.14. The van der Waals surface area contributed by atoms with E-state index < -0.39 is 0 Å². The van der Waals surface area contributed by atoms with E-state index in [2.05, 4.69) is 49.9 Å². The number of methoxy groups -OCH3 is 1. The molecule has 0 radical (unpaired) electrons. The molecule has 4 rings (SSSR count). The molecule has 0 saturated carbocycles. The van der Waals surface area contributed by atoms with Crippen LogP contribution in [-0.2, 0) is 0 Å². The molecule has 1 aliphatic rings. The van der Waals surface area contributed by atoms with Crippen LogP contribution in [0.1, 0.15) is 58.5 Å². The van der Waals surface area contributed by atoms with Gasteiger partial charge in [-0.05, 0) is 17.9 Å². The summed E-state index contributed by atoms with van der Waals surface area (Å²) in [6.07, 6.45) is 1.77. The van der Waals surface area contributed by atoms with Crippen molar-refractivity contribution in [3.8, 4) is 11.8 Å². The third kappa shape index (κ3) is 12.5. The molecule has 39 heavy (non-hydrogen) atoms. The number of benzene rings is 2. The van der Waals surface area contributed by atoms with Crippen molar-refractivity contribution in [2.75, 3.05) is 62.4 Å². The van der Waals surface area contributed by atoms with Crippen LogP contribution >= 0.6 is 0 Å². The number of aromatic nitrogens is 2. The van der Waals surface area contributed by atoms with Crippen molar-refractivity contribution in [3.63, 3.8) is 0 Å². The molecule has 0 bridgehead atoms. The summed E-state index contributed by atoms with van der Waals surface area (Å²) in [5, 5.41) is 19.3. The fourth-order valence-corrected chi connectivity index (χ4v) is 3.49. The summed E-state index contributed by atoms with van der Waals surface area (Å²) in [6, 6.07) is 15.8. The van der Waals surface area contributed by atoms with E-state index in [1.807, 2.05) is 59.0 Å². The van der Waals surface area contributed by atoms with Gasteiger partial charge in [-0.1, -0.05) is 58.9 Å². The Morgan fingerprint density at radius 2 is 1.74 bits per heavy atom. The Kier molecular flexibility index (Phi) is 19.9. The Morgan fingerprint density at radius 3 is 2.31 bits per heavy atom. The van der Waals surface area contributed by atoms with E-state index in [1.165, 1.54) is 17.7 Å². The molecule has 2 aromatic carbocycles. The molecule has 0 atom stereocenters. The van der Waals surface area contributed by atoms with Crippen LogP contribution in [0.2, 0.25) is 0 Å². The van der Waals surface area contributed by atoms with Crippen LogP contribution in [0.25, 0.3) is 10.8 Å². The van der Waals surface area contributed by atoms with Crippen molar-refractivity contribution in [3.05, 3.63) is 48.2 Å². The van der Waals surface area contributed by atoms with E-state index >= 15 is 0 Å². The topological polar surface area (TPSA) is 115 Å². The van der Waals surface area contributed by atoms with Crippen molar-refractivity contribution in [2.24, 2.45) is 0 Å². The molecule has 0 spiro atoms. The second-order valence-electron chi connectivity index (χ2n) is 7.63. The lowest BCUT2D eigenvalue weighted by molar-refractivity contribution is 0.111. The average molecular weight is 538 g/mol. The number of carbonyl (C=O) groups is 1. The summed E-state index contributed by atoms with van der Waals surface area (Å²) in [5.74, 6) is 2.25. The fraction of sp³-hybridized carbons (Fsp3) is 0.467. The van der Waals surface area contributed by atoms with Crippen LogP contribution in [-0.4, -0.2) is 63.1 Å². The number of hydrogen-bond acceptors (Lipinski definition) is 9. The van der Waals surface area contributed by atoms with Gasteiger partial charge in [0.05, 0.1) is 13.2 Å². The van der Waals surface area contributed by atoms with Gasteiger partial charge in [0.2, 0.25) is 5.95 Å². The number of rotatable bonds is 7. The molecule has 3 aromatic rings. The first-order valence-electron chi connectivity index (χ1n) is 13.7. The lowest BCUT2D eigenvalue weighted by atomic mass is 10.1. The van der Waals surface area contributed by atoms with Crippen LogP contribution in [0.15, 0.2) is 42.5 Å². The van der Waals surface area contributed by atoms with E-state index in [9.17, 15) is 4.79 Å². The maximum absolute atomic E-state index is 10.9. The minimum atomic E-state index is 0.428. The van der Waals surface area contributed by atoms with Gasteiger partial charge >= 0.3 is 0 Å². The molecule has 9 heteroatoms. The number of ether oxygens (including phenoxy) is 1. The van der Waals surface area contributed by atoms with Gasteiger partial charge in [-0.3, -0.25) is 4.79 Å². The molecular formula is C30H47N7O2. The zero-order valence-electron chi connectivity index (χ0n) is 25.0. The first kappa shape index (κ1) is 35.1. The van der Waals surface area contributed by atoms with E-state index in [1.54, 1.807) is 19.2 Å². The van der Waals surface area contributed by atoms with Crippen molar-refractivity contribution in [2.45, 2.75) is 48.0 Å². The summed E-state index contributed by atoms with van der Waals surface area (Å²) in [7, 11) is 3.60. The summed E-state index contributed by atoms with van der Waals surface area (Å²) in [4.78, 5) is 21.7. The van der Waals surface area contributed by atoms with Crippen molar-refractivity contribution in [1.82, 2.24) is 15.3 Å². The molecule has 1 saturated heterocycles. The second-order valence-corrected chi connectivity index (χ2v) is 7.63. The molecule has 214 valence electrons. The van der Waals surface area contributed by atoms with Crippen LogP contribution in [0, 0.1) is 11.3 Å². The number of hydrogen-bond donors (Lipinski definition) is 3. The molecule has 1 aliphatic heterocycles. The highest BCUT2D eigenvalue weighted by molar-refractivity contribution is 5.95. The minimum absolute atomic E-state index is 0.428. The lowest BCUT2D eigenvalue weighted by Gasteiger charge is -2.28. The Morgan fingerprint density at radius 1 is 1.10 bits per heavy atom. The third-order valence-corrected chi connectivity index (χ3v) is 5.17. The summed E-state index contributed by atoms with van der Waals surface area (Å²) < 4.78 is 5.22. The van der Waals surface area contributed by atoms with Crippen molar-refractivity contribution < 1.29 is 9.53 Å². The van der Waals surface area contributed by atoms with Gasteiger partial charge in [0.25, 0.3) is 0 Å². The summed E-state index contributed by atoms with van der Waals surface area (Å²) in [6.45, 7) is 16.0. The number of nitrogens with zero attached hydrogens (tertiary/aromatic N) is 4. The number of fused-ring (bicyclic) bond motifs is 1. The molecule has 0 aliphatic carbocycles. The predicted molar refractivity (Wildman–Crippen MR) is 165 cm³/mol. The molecule has 9 nitrogen and oxygen atoms in total. The normalized spacial score (nSPS) is 11.3. The van der Waals surface area contributed by atoms with E-state index in [0.717, 1.165) is 62.7 Å². The molecule has 1 fully saturated rings. The Balaban J connectivity index is 0.000000613. The first-order chi connectivity index (χ1) is 19.1. The Bertz CT molecular complexity index is 1110. The number of carbonyl (C=O) groups excluding carboxylic acids is 1. The molecule has 2 heterocycles. The van der Waals surface area contributed by atoms with Gasteiger partial charge in [0.15, 0.2) is 6.29 Å². The second kappa shape index (κ2) is 22.1. The van der Waals surface area contributed by atoms with Crippen LogP contribution in [0.4, 0.5) is 17.5 Å². The number of piperazine rings is 1. The Hall–Kier alpha value is -3.90. The first-order valence-corrected chi connectivity index (χ1v) is 13.7. The largest absolute Gasteiger partial charge is 0.497 e. The number of anilines is 3. The smallest absolute Gasteiger partial charge is 0.225 e. The molecule has 3 N–H and O–H groups in total. The zero-order chi connectivity index (χ0) is 29.5. The molecular weight excluding hydrogens is 490 g/mol. The van der Waals surface area contributed by atoms with Crippen LogP contribution in [0.5, 0.6) is 5.75 Å². The maximum atomic E-state index is 10.9. The van der Waals surface area contributed by atoms with Gasteiger partial charge in [-0.25, -0.2) is 4.98 Å². The predicted octanol–water partition coefficient (Wildman–Crippen LogP) is 5.99. The van der Waals surface area contributed by atoms with E-state index in [-0.39, 0.29) is 0 Å². The summed E-state index contributed by atoms with van der Waals surface area (Å²) in [5.41, 5.74) is 1.53. The number of nitrogens with one attached hydrogen (secondary N) is 3. The SMILES string of the molecule is CC.CC.CC#N.CCCNc1nc(C=O)cc(N2CCNCC2)n1.CNc1cc(OC)cc2ccccc12.